The summed E-state index contributed by atoms with van der Waals surface area (Å²) in [4.78, 5) is 34.1. The summed E-state index contributed by atoms with van der Waals surface area (Å²) in [5.41, 5.74) is 5.21. The number of amides is 2. The van der Waals surface area contributed by atoms with E-state index in [9.17, 15) is 14.0 Å². The van der Waals surface area contributed by atoms with Crippen LogP contribution in [0.1, 0.15) is 53.0 Å². The highest BCUT2D eigenvalue weighted by molar-refractivity contribution is 7.18. The van der Waals surface area contributed by atoms with Crippen LogP contribution in [0.3, 0.4) is 0 Å². The van der Waals surface area contributed by atoms with Crippen LogP contribution in [0.5, 0.6) is 0 Å². The Morgan fingerprint density at radius 1 is 1.00 bits per heavy atom. The highest BCUT2D eigenvalue weighted by atomic mass is 32.1. The van der Waals surface area contributed by atoms with E-state index in [1.165, 1.54) is 0 Å². The molecule has 8 heteroatoms. The van der Waals surface area contributed by atoms with Crippen LogP contribution < -0.4 is 4.90 Å². The Hall–Kier alpha value is -3.88. The van der Waals surface area contributed by atoms with Crippen molar-refractivity contribution in [2.45, 2.75) is 44.6 Å². The molecule has 3 aromatic carbocycles. The lowest BCUT2D eigenvalue weighted by atomic mass is 9.64. The maximum Gasteiger partial charge on any atom is 0.253 e. The summed E-state index contributed by atoms with van der Waals surface area (Å²) in [6, 6.07) is 22.0. The van der Waals surface area contributed by atoms with Crippen molar-refractivity contribution in [1.82, 2.24) is 9.88 Å². The van der Waals surface area contributed by atoms with Gasteiger partial charge in [0, 0.05) is 49.3 Å². The standard InChI is InChI=1S/C36H38FN3O3S/c1-24(14-19-37)33(41)40(30-7-5-6-27(20-30)28-10-13-31-32(21-28)44-25(2)38-31)22-35-15-17-36(18-16-35,43-23-35)29-11-8-26(9-12-29)34(42)39(3)4/h5-13,20-21H,1,14-19,22-23H2,2-4H3. The van der Waals surface area contributed by atoms with E-state index in [-0.39, 0.29) is 34.8 Å². The molecule has 0 radical (unpaired) electrons. The lowest BCUT2D eigenvalue weighted by molar-refractivity contribution is -0.186. The van der Waals surface area contributed by atoms with Crippen LogP contribution in [0.2, 0.25) is 0 Å². The largest absolute Gasteiger partial charge is 0.370 e. The van der Waals surface area contributed by atoms with Gasteiger partial charge in [-0.05, 0) is 85.7 Å². The summed E-state index contributed by atoms with van der Waals surface area (Å²) in [5.74, 6) is -0.269. The number of aromatic nitrogens is 1. The summed E-state index contributed by atoms with van der Waals surface area (Å²) < 4.78 is 21.1. The monoisotopic (exact) mass is 611 g/mol. The summed E-state index contributed by atoms with van der Waals surface area (Å²) in [5, 5.41) is 1.02. The van der Waals surface area contributed by atoms with Crippen LogP contribution in [0.25, 0.3) is 21.3 Å². The van der Waals surface area contributed by atoms with Crippen LogP contribution in [0.15, 0.2) is 78.9 Å². The molecule has 7 rings (SSSR count). The smallest absolute Gasteiger partial charge is 0.253 e. The van der Waals surface area contributed by atoms with E-state index in [2.05, 4.69) is 23.7 Å². The Morgan fingerprint density at radius 2 is 1.73 bits per heavy atom. The molecule has 0 atom stereocenters. The number of alkyl halides is 1. The van der Waals surface area contributed by atoms with Crippen molar-refractivity contribution in [3.05, 3.63) is 95.0 Å². The number of thiazole rings is 1. The van der Waals surface area contributed by atoms with Gasteiger partial charge in [0.25, 0.3) is 11.8 Å². The molecular formula is C36H38FN3O3S. The zero-order valence-electron chi connectivity index (χ0n) is 25.6. The van der Waals surface area contributed by atoms with Crippen molar-refractivity contribution in [2.75, 3.05) is 38.8 Å². The van der Waals surface area contributed by atoms with Crippen LogP contribution >= 0.6 is 11.3 Å². The number of hydrogen-bond acceptors (Lipinski definition) is 5. The third-order valence-corrected chi connectivity index (χ3v) is 10.2. The summed E-state index contributed by atoms with van der Waals surface area (Å²) in [6.07, 6.45) is 3.46. The predicted octanol–water partition coefficient (Wildman–Crippen LogP) is 7.71. The third-order valence-electron chi connectivity index (χ3n) is 9.26. The van der Waals surface area contributed by atoms with E-state index in [4.69, 9.17) is 4.74 Å². The Bertz CT molecular complexity index is 1700. The topological polar surface area (TPSA) is 62.7 Å². The maximum absolute atomic E-state index is 13.8. The van der Waals surface area contributed by atoms with Crippen molar-refractivity contribution in [1.29, 1.82) is 0 Å². The minimum absolute atomic E-state index is 0.00928. The number of benzene rings is 3. The molecule has 0 N–H and O–H groups in total. The molecule has 2 saturated heterocycles. The van der Waals surface area contributed by atoms with Gasteiger partial charge in [-0.1, -0.05) is 36.9 Å². The van der Waals surface area contributed by atoms with Crippen LogP contribution in [0, 0.1) is 12.3 Å². The SMILES string of the molecule is C=C(CCF)C(=O)N(CC12CCC(c3ccc(C(=O)N(C)C)cc3)(CC1)OC2)c1cccc(-c2ccc3nc(C)sc3c2)c1. The van der Waals surface area contributed by atoms with Gasteiger partial charge in [0.15, 0.2) is 0 Å². The number of carbonyl (C=O) groups excluding carboxylic acids is 2. The Balaban J connectivity index is 1.25. The first kappa shape index (κ1) is 30.2. The van der Waals surface area contributed by atoms with Gasteiger partial charge in [0.2, 0.25) is 0 Å². The van der Waals surface area contributed by atoms with Gasteiger partial charge >= 0.3 is 0 Å². The molecule has 1 aromatic heterocycles. The molecule has 228 valence electrons. The highest BCUT2D eigenvalue weighted by Crippen LogP contribution is 2.54. The first-order valence-corrected chi connectivity index (χ1v) is 15.9. The van der Waals surface area contributed by atoms with Crippen molar-refractivity contribution in [3.63, 3.8) is 0 Å². The summed E-state index contributed by atoms with van der Waals surface area (Å²) in [6.45, 7) is 6.32. The van der Waals surface area contributed by atoms with Gasteiger partial charge in [0.1, 0.15) is 0 Å². The van der Waals surface area contributed by atoms with Crippen LogP contribution in [-0.4, -0.2) is 55.6 Å². The molecule has 44 heavy (non-hydrogen) atoms. The highest BCUT2D eigenvalue weighted by Gasteiger charge is 2.51. The fraction of sp³-hybridized carbons (Fsp3) is 0.361. The Kier molecular flexibility index (Phi) is 8.16. The predicted molar refractivity (Wildman–Crippen MR) is 175 cm³/mol. The van der Waals surface area contributed by atoms with E-state index in [0.717, 1.165) is 63.3 Å². The third kappa shape index (κ3) is 5.69. The second-order valence-electron chi connectivity index (χ2n) is 12.5. The van der Waals surface area contributed by atoms with Gasteiger partial charge in [-0.25, -0.2) is 4.98 Å². The quantitative estimate of drug-likeness (QED) is 0.182. The van der Waals surface area contributed by atoms with Crippen LogP contribution in [0.4, 0.5) is 10.1 Å². The van der Waals surface area contributed by atoms with Gasteiger partial charge in [0.05, 0.1) is 34.1 Å². The molecule has 0 spiro atoms. The molecule has 2 bridgehead atoms. The first-order valence-electron chi connectivity index (χ1n) is 15.1. The van der Waals surface area contributed by atoms with Gasteiger partial charge < -0.3 is 14.5 Å². The molecule has 3 fully saturated rings. The molecule has 3 heterocycles. The fourth-order valence-corrected chi connectivity index (χ4v) is 7.48. The Morgan fingerprint density at radius 3 is 2.39 bits per heavy atom. The van der Waals surface area contributed by atoms with Crippen LogP contribution in [-0.2, 0) is 15.1 Å². The van der Waals surface area contributed by atoms with Gasteiger partial charge in [-0.2, -0.15) is 0 Å². The van der Waals surface area contributed by atoms with Gasteiger partial charge in [-0.15, -0.1) is 11.3 Å². The fourth-order valence-electron chi connectivity index (χ4n) is 6.61. The minimum atomic E-state index is -0.623. The number of halogens is 1. The molecule has 3 aliphatic rings. The van der Waals surface area contributed by atoms with E-state index in [0.29, 0.717) is 18.7 Å². The summed E-state index contributed by atoms with van der Waals surface area (Å²) >= 11 is 1.66. The lowest BCUT2D eigenvalue weighted by Crippen LogP contribution is -2.54. The first-order chi connectivity index (χ1) is 21.1. The zero-order chi connectivity index (χ0) is 31.1. The second-order valence-corrected chi connectivity index (χ2v) is 13.7. The van der Waals surface area contributed by atoms with Crippen molar-refractivity contribution >= 4 is 39.1 Å². The molecule has 1 aliphatic carbocycles. The minimum Gasteiger partial charge on any atom is -0.370 e. The molecule has 1 saturated carbocycles. The number of anilines is 1. The zero-order valence-corrected chi connectivity index (χ0v) is 26.4. The second kappa shape index (κ2) is 11.9. The number of nitrogens with zero attached hydrogens (tertiary/aromatic N) is 3. The molecule has 2 amide bonds. The lowest BCUT2D eigenvalue weighted by Gasteiger charge is -2.54. The van der Waals surface area contributed by atoms with Crippen molar-refractivity contribution < 1.29 is 18.7 Å². The average Bonchev–Trinajstić information content (AvgIpc) is 3.43. The molecule has 4 aromatic rings. The van der Waals surface area contributed by atoms with E-state index < -0.39 is 6.67 Å². The number of aryl methyl sites for hydroxylation is 1. The van der Waals surface area contributed by atoms with E-state index >= 15 is 0 Å². The molecular weight excluding hydrogens is 573 g/mol. The number of ether oxygens (including phenoxy) is 1. The number of rotatable bonds is 9. The molecule has 0 unspecified atom stereocenters. The van der Waals surface area contributed by atoms with Crippen molar-refractivity contribution in [3.8, 4) is 11.1 Å². The number of carbonyl (C=O) groups is 2. The Labute approximate surface area is 262 Å². The van der Waals surface area contributed by atoms with E-state index in [1.54, 1.807) is 35.2 Å². The van der Waals surface area contributed by atoms with Crippen molar-refractivity contribution in [2.24, 2.45) is 5.41 Å². The van der Waals surface area contributed by atoms with Gasteiger partial charge in [-0.3, -0.25) is 14.0 Å². The normalized spacial score (nSPS) is 20.9. The maximum atomic E-state index is 13.8. The molecule has 2 aliphatic heterocycles. The average molecular weight is 612 g/mol. The summed E-state index contributed by atoms with van der Waals surface area (Å²) in [7, 11) is 3.50. The number of fused-ring (bicyclic) bond motifs is 4. The number of hydrogen-bond donors (Lipinski definition) is 0. The molecule has 6 nitrogen and oxygen atoms in total. The van der Waals surface area contributed by atoms with E-state index in [1.807, 2.05) is 61.5 Å².